The van der Waals surface area contributed by atoms with Crippen LogP contribution in [0.1, 0.15) is 28.8 Å². The van der Waals surface area contributed by atoms with Crippen LogP contribution in [-0.2, 0) is 11.3 Å². The van der Waals surface area contributed by atoms with Crippen molar-refractivity contribution in [1.29, 1.82) is 0 Å². The topological polar surface area (TPSA) is 84.2 Å². The van der Waals surface area contributed by atoms with E-state index in [1.54, 1.807) is 24.3 Å². The molecule has 1 unspecified atom stereocenters. The summed E-state index contributed by atoms with van der Waals surface area (Å²) in [6.45, 7) is 2.24. The van der Waals surface area contributed by atoms with Crippen molar-refractivity contribution in [1.82, 2.24) is 10.6 Å². The Morgan fingerprint density at radius 3 is 2.63 bits per heavy atom. The molecule has 4 N–H and O–H groups in total. The number of piperidine rings is 1. The highest BCUT2D eigenvalue weighted by Crippen LogP contribution is 2.10. The molecule has 0 bridgehead atoms. The third-order valence-corrected chi connectivity index (χ3v) is 3.37. The molecule has 2 rings (SSSR count). The Morgan fingerprint density at radius 2 is 2.05 bits per heavy atom. The van der Waals surface area contributed by atoms with Crippen molar-refractivity contribution in [2.24, 2.45) is 11.7 Å². The first-order valence-corrected chi connectivity index (χ1v) is 6.54. The Balaban J connectivity index is 1.84. The molecule has 1 aliphatic heterocycles. The second-order valence-corrected chi connectivity index (χ2v) is 4.82. The summed E-state index contributed by atoms with van der Waals surface area (Å²) < 4.78 is 0. The van der Waals surface area contributed by atoms with E-state index in [-0.39, 0.29) is 11.8 Å². The molecule has 5 nitrogen and oxygen atoms in total. The second-order valence-electron chi connectivity index (χ2n) is 4.82. The van der Waals surface area contributed by atoms with E-state index in [9.17, 15) is 9.59 Å². The van der Waals surface area contributed by atoms with Crippen LogP contribution >= 0.6 is 0 Å². The molecule has 102 valence electrons. The lowest BCUT2D eigenvalue weighted by Crippen LogP contribution is -2.40. The summed E-state index contributed by atoms with van der Waals surface area (Å²) in [5.41, 5.74) is 6.61. The molecule has 1 atom stereocenters. The number of nitrogens with two attached hydrogens (primary N) is 1. The van der Waals surface area contributed by atoms with Crippen LogP contribution in [0.25, 0.3) is 0 Å². The molecule has 5 heteroatoms. The summed E-state index contributed by atoms with van der Waals surface area (Å²) >= 11 is 0. The molecule has 1 aliphatic rings. The molecule has 0 saturated carbocycles. The van der Waals surface area contributed by atoms with E-state index in [1.807, 2.05) is 0 Å². The van der Waals surface area contributed by atoms with E-state index in [2.05, 4.69) is 10.6 Å². The summed E-state index contributed by atoms with van der Waals surface area (Å²) in [5.74, 6) is -0.284. The van der Waals surface area contributed by atoms with Crippen LogP contribution in [0.2, 0.25) is 0 Å². The van der Waals surface area contributed by atoms with Crippen LogP contribution in [0, 0.1) is 5.92 Å². The van der Waals surface area contributed by atoms with Crippen LogP contribution in [0.4, 0.5) is 0 Å². The molecule has 0 aliphatic carbocycles. The number of carbonyl (C=O) groups excluding carboxylic acids is 2. The number of hydrogen-bond acceptors (Lipinski definition) is 3. The molecular formula is C14H19N3O2. The van der Waals surface area contributed by atoms with Crippen LogP contribution in [0.3, 0.4) is 0 Å². The van der Waals surface area contributed by atoms with Crippen molar-refractivity contribution >= 4 is 11.8 Å². The SMILES string of the molecule is NC(=O)c1ccc(CNC(=O)C2CCCNC2)cc1. The Hall–Kier alpha value is -1.88. The Bertz CT molecular complexity index is 450. The first-order valence-electron chi connectivity index (χ1n) is 6.54. The fraction of sp³-hybridized carbons (Fsp3) is 0.429. The third-order valence-electron chi connectivity index (χ3n) is 3.37. The third kappa shape index (κ3) is 3.79. The number of carbonyl (C=O) groups is 2. The van der Waals surface area contributed by atoms with Gasteiger partial charge in [0.2, 0.25) is 11.8 Å². The number of rotatable bonds is 4. The molecule has 0 radical (unpaired) electrons. The molecule has 1 aromatic carbocycles. The van der Waals surface area contributed by atoms with Gasteiger partial charge in [-0.05, 0) is 37.1 Å². The normalized spacial score (nSPS) is 18.8. The highest BCUT2D eigenvalue weighted by Gasteiger charge is 2.20. The Kier molecular flexibility index (Phi) is 4.52. The van der Waals surface area contributed by atoms with Crippen LogP contribution in [-0.4, -0.2) is 24.9 Å². The Morgan fingerprint density at radius 1 is 1.32 bits per heavy atom. The highest BCUT2D eigenvalue weighted by molar-refractivity contribution is 5.92. The first-order chi connectivity index (χ1) is 9.16. The quantitative estimate of drug-likeness (QED) is 0.733. The van der Waals surface area contributed by atoms with E-state index in [0.29, 0.717) is 12.1 Å². The summed E-state index contributed by atoms with van der Waals surface area (Å²) in [4.78, 5) is 22.9. The number of nitrogens with one attached hydrogen (secondary N) is 2. The van der Waals surface area contributed by atoms with E-state index in [4.69, 9.17) is 5.73 Å². The van der Waals surface area contributed by atoms with Gasteiger partial charge in [0.1, 0.15) is 0 Å². The zero-order valence-corrected chi connectivity index (χ0v) is 10.8. The number of benzene rings is 1. The van der Waals surface area contributed by atoms with Gasteiger partial charge in [-0.1, -0.05) is 12.1 Å². The van der Waals surface area contributed by atoms with Gasteiger partial charge < -0.3 is 16.4 Å². The van der Waals surface area contributed by atoms with Crippen LogP contribution < -0.4 is 16.4 Å². The van der Waals surface area contributed by atoms with E-state index < -0.39 is 5.91 Å². The zero-order chi connectivity index (χ0) is 13.7. The summed E-state index contributed by atoms with van der Waals surface area (Å²) in [6, 6.07) is 6.96. The fourth-order valence-electron chi connectivity index (χ4n) is 2.20. The van der Waals surface area contributed by atoms with Gasteiger partial charge in [-0.15, -0.1) is 0 Å². The van der Waals surface area contributed by atoms with Gasteiger partial charge in [0.15, 0.2) is 0 Å². The highest BCUT2D eigenvalue weighted by atomic mass is 16.2. The predicted octanol–water partition coefficient (Wildman–Crippen LogP) is 0.401. The van der Waals surface area contributed by atoms with Gasteiger partial charge in [0.25, 0.3) is 0 Å². The van der Waals surface area contributed by atoms with E-state index in [1.165, 1.54) is 0 Å². The molecule has 19 heavy (non-hydrogen) atoms. The maximum absolute atomic E-state index is 11.9. The minimum Gasteiger partial charge on any atom is -0.366 e. The predicted molar refractivity (Wildman–Crippen MR) is 72.4 cm³/mol. The lowest BCUT2D eigenvalue weighted by molar-refractivity contribution is -0.125. The average Bonchev–Trinajstić information content (AvgIpc) is 2.46. The van der Waals surface area contributed by atoms with Gasteiger partial charge >= 0.3 is 0 Å². The molecule has 1 heterocycles. The van der Waals surface area contributed by atoms with Crippen LogP contribution in [0.15, 0.2) is 24.3 Å². The molecule has 0 aromatic heterocycles. The maximum atomic E-state index is 11.9. The van der Waals surface area contributed by atoms with Gasteiger partial charge in [-0.25, -0.2) is 0 Å². The second kappa shape index (κ2) is 6.33. The van der Waals surface area contributed by atoms with Gasteiger partial charge in [0, 0.05) is 18.7 Å². The molecule has 1 aromatic rings. The summed E-state index contributed by atoms with van der Waals surface area (Å²) in [5, 5.41) is 6.14. The zero-order valence-electron chi connectivity index (χ0n) is 10.8. The smallest absolute Gasteiger partial charge is 0.248 e. The van der Waals surface area contributed by atoms with Gasteiger partial charge in [0.05, 0.1) is 5.92 Å². The number of primary amides is 1. The maximum Gasteiger partial charge on any atom is 0.248 e. The van der Waals surface area contributed by atoms with Crippen molar-refractivity contribution in [2.45, 2.75) is 19.4 Å². The molecule has 1 fully saturated rings. The lowest BCUT2D eigenvalue weighted by atomic mass is 9.99. The summed E-state index contributed by atoms with van der Waals surface area (Å²) in [6.07, 6.45) is 1.99. The number of amides is 2. The van der Waals surface area contributed by atoms with Gasteiger partial charge in [-0.2, -0.15) is 0 Å². The van der Waals surface area contributed by atoms with Crippen molar-refractivity contribution < 1.29 is 9.59 Å². The van der Waals surface area contributed by atoms with E-state index in [0.717, 1.165) is 31.5 Å². The molecule has 0 spiro atoms. The average molecular weight is 261 g/mol. The van der Waals surface area contributed by atoms with E-state index >= 15 is 0 Å². The molecule has 1 saturated heterocycles. The molecule has 2 amide bonds. The lowest BCUT2D eigenvalue weighted by Gasteiger charge is -2.21. The monoisotopic (exact) mass is 261 g/mol. The molecular weight excluding hydrogens is 242 g/mol. The standard InChI is InChI=1S/C14H19N3O2/c15-13(18)11-5-3-10(4-6-11)8-17-14(19)12-2-1-7-16-9-12/h3-6,12,16H,1-2,7-9H2,(H2,15,18)(H,17,19). The Labute approximate surface area is 112 Å². The van der Waals surface area contributed by atoms with Crippen molar-refractivity contribution in [3.8, 4) is 0 Å². The van der Waals surface area contributed by atoms with Crippen molar-refractivity contribution in [3.05, 3.63) is 35.4 Å². The largest absolute Gasteiger partial charge is 0.366 e. The minimum absolute atomic E-state index is 0.0682. The van der Waals surface area contributed by atoms with Crippen molar-refractivity contribution in [3.63, 3.8) is 0 Å². The minimum atomic E-state index is -0.441. The first kappa shape index (κ1) is 13.5. The fourth-order valence-corrected chi connectivity index (χ4v) is 2.20. The summed E-state index contributed by atoms with van der Waals surface area (Å²) in [7, 11) is 0. The van der Waals surface area contributed by atoms with Gasteiger partial charge in [-0.3, -0.25) is 9.59 Å². The number of hydrogen-bond donors (Lipinski definition) is 3. The van der Waals surface area contributed by atoms with Crippen molar-refractivity contribution in [2.75, 3.05) is 13.1 Å². The van der Waals surface area contributed by atoms with Crippen LogP contribution in [0.5, 0.6) is 0 Å².